The molecule has 84 valence electrons. The molecule has 3 rings (SSSR count). The Hall–Kier alpha value is -1.61. The Balaban J connectivity index is 2.13. The van der Waals surface area contributed by atoms with Gasteiger partial charge in [-0.2, -0.15) is 0 Å². The summed E-state index contributed by atoms with van der Waals surface area (Å²) in [5, 5.41) is 1.47. The van der Waals surface area contributed by atoms with Crippen molar-refractivity contribution in [1.82, 2.24) is 0 Å². The smallest absolute Gasteiger partial charge is 0.237 e. The molecule has 2 nitrogen and oxygen atoms in total. The van der Waals surface area contributed by atoms with Gasteiger partial charge in [0.1, 0.15) is 15.2 Å². The first kappa shape index (κ1) is 10.5. The fraction of sp³-hybridized carbons (Fsp3) is 0.214. The zero-order chi connectivity index (χ0) is 11.8. The number of anilines is 2. The minimum atomic E-state index is 0.883. The van der Waals surface area contributed by atoms with Gasteiger partial charge in [-0.05, 0) is 24.6 Å². The maximum absolute atomic E-state index is 2.43. The first-order valence-corrected chi connectivity index (χ1v) is 7.04. The molecule has 0 saturated heterocycles. The Labute approximate surface area is 104 Å². The summed E-state index contributed by atoms with van der Waals surface area (Å²) in [6.07, 6.45) is 3.23. The van der Waals surface area contributed by atoms with Crippen LogP contribution in [0.15, 0.2) is 42.6 Å². The highest BCUT2D eigenvalue weighted by atomic mass is 28.2. The largest absolute Gasteiger partial charge is 0.279 e. The van der Waals surface area contributed by atoms with Gasteiger partial charge in [0, 0.05) is 5.19 Å². The normalized spacial score (nSPS) is 13.9. The van der Waals surface area contributed by atoms with Gasteiger partial charge in [0.05, 0.1) is 19.4 Å². The van der Waals surface area contributed by atoms with Crippen molar-refractivity contribution in [2.75, 3.05) is 11.1 Å². The fourth-order valence-corrected chi connectivity index (χ4v) is 3.71. The lowest BCUT2D eigenvalue weighted by molar-refractivity contribution is -0.657. The van der Waals surface area contributed by atoms with Crippen LogP contribution < -0.4 is 14.7 Å². The standard InChI is InChI=1S/C14H15N2Si/c1-11-6-3-4-7-12(11)16-10-17-13-8-5-9-15(2)14(13)16/h3-9H,10H2,1-2H3/q+1. The first-order chi connectivity index (χ1) is 8.27. The highest BCUT2D eigenvalue weighted by molar-refractivity contribution is 6.58. The van der Waals surface area contributed by atoms with Crippen LogP contribution in [0.1, 0.15) is 5.56 Å². The summed E-state index contributed by atoms with van der Waals surface area (Å²) in [7, 11) is 3.01. The molecule has 0 fully saturated rings. The van der Waals surface area contributed by atoms with Crippen molar-refractivity contribution < 1.29 is 4.57 Å². The molecule has 0 spiro atoms. The summed E-state index contributed by atoms with van der Waals surface area (Å²) in [5.41, 5.74) is 2.68. The van der Waals surface area contributed by atoms with E-state index in [0.717, 1.165) is 15.7 Å². The van der Waals surface area contributed by atoms with E-state index >= 15 is 0 Å². The molecule has 2 radical (unpaired) electrons. The lowest BCUT2D eigenvalue weighted by atomic mass is 10.2. The van der Waals surface area contributed by atoms with E-state index in [1.165, 1.54) is 22.3 Å². The quantitative estimate of drug-likeness (QED) is 0.537. The van der Waals surface area contributed by atoms with Crippen LogP contribution in [-0.2, 0) is 7.05 Å². The molecule has 0 N–H and O–H groups in total. The van der Waals surface area contributed by atoms with Gasteiger partial charge >= 0.3 is 0 Å². The Kier molecular flexibility index (Phi) is 2.48. The summed E-state index contributed by atoms with van der Waals surface area (Å²) in [4.78, 5) is 2.43. The van der Waals surface area contributed by atoms with Gasteiger partial charge in [0.2, 0.25) is 0 Å². The Morgan fingerprint density at radius 1 is 1.18 bits per heavy atom. The predicted octanol–water partition coefficient (Wildman–Crippen LogP) is 1.26. The Bertz CT molecular complexity index is 566. The Morgan fingerprint density at radius 2 is 2.00 bits per heavy atom. The number of aromatic nitrogens is 1. The average molecular weight is 239 g/mol. The second kappa shape index (κ2) is 4.00. The van der Waals surface area contributed by atoms with Crippen LogP contribution in [-0.4, -0.2) is 15.7 Å². The molecule has 0 saturated carbocycles. The third-order valence-corrected chi connectivity index (χ3v) is 4.48. The fourth-order valence-electron chi connectivity index (χ4n) is 2.38. The second-order valence-corrected chi connectivity index (χ2v) is 5.61. The topological polar surface area (TPSA) is 7.12 Å². The number of nitrogens with zero attached hydrogens (tertiary/aromatic N) is 2. The van der Waals surface area contributed by atoms with Crippen molar-refractivity contribution in [3.8, 4) is 0 Å². The maximum Gasteiger partial charge on any atom is 0.279 e. The molecule has 3 heteroatoms. The van der Waals surface area contributed by atoms with Crippen LogP contribution in [0, 0.1) is 6.92 Å². The van der Waals surface area contributed by atoms with Crippen molar-refractivity contribution in [3.63, 3.8) is 0 Å². The van der Waals surface area contributed by atoms with Crippen molar-refractivity contribution >= 4 is 26.2 Å². The highest BCUT2D eigenvalue weighted by Crippen LogP contribution is 2.26. The number of benzene rings is 1. The van der Waals surface area contributed by atoms with Crippen molar-refractivity contribution in [1.29, 1.82) is 0 Å². The maximum atomic E-state index is 2.43. The van der Waals surface area contributed by atoms with E-state index in [1.54, 1.807) is 0 Å². The summed E-state index contributed by atoms with van der Waals surface area (Å²) >= 11 is 0. The van der Waals surface area contributed by atoms with Gasteiger partial charge in [-0.25, -0.2) is 9.47 Å². The molecule has 1 aliphatic rings. The number of hydrogen-bond donors (Lipinski definition) is 0. The van der Waals surface area contributed by atoms with Crippen molar-refractivity contribution in [2.45, 2.75) is 6.92 Å². The monoisotopic (exact) mass is 239 g/mol. The second-order valence-electron chi connectivity index (χ2n) is 4.41. The van der Waals surface area contributed by atoms with Gasteiger partial charge in [-0.1, -0.05) is 24.3 Å². The average Bonchev–Trinajstić information content (AvgIpc) is 2.75. The summed E-state index contributed by atoms with van der Waals surface area (Å²) in [6.45, 7) is 2.18. The molecule has 2 aromatic rings. The van der Waals surface area contributed by atoms with Crippen LogP contribution in [0.3, 0.4) is 0 Å². The van der Waals surface area contributed by atoms with Gasteiger partial charge < -0.3 is 0 Å². The molecule has 0 atom stereocenters. The van der Waals surface area contributed by atoms with Gasteiger partial charge in [-0.3, -0.25) is 0 Å². The minimum absolute atomic E-state index is 0.883. The van der Waals surface area contributed by atoms with Crippen LogP contribution in [0.4, 0.5) is 11.5 Å². The van der Waals surface area contributed by atoms with E-state index in [2.05, 4.69) is 66.0 Å². The number of fused-ring (bicyclic) bond motifs is 1. The number of para-hydroxylation sites is 1. The van der Waals surface area contributed by atoms with Crippen LogP contribution >= 0.6 is 0 Å². The Morgan fingerprint density at radius 3 is 2.82 bits per heavy atom. The SMILES string of the molecule is Cc1ccccc1N1C[Si]c2ccc[n+](C)c21. The van der Waals surface area contributed by atoms with Crippen molar-refractivity contribution in [3.05, 3.63) is 48.2 Å². The molecule has 0 amide bonds. The molecule has 0 aliphatic carbocycles. The molecule has 1 aromatic carbocycles. The molecular formula is C14H15N2Si+. The number of aryl methyl sites for hydroxylation is 2. The lowest BCUT2D eigenvalue weighted by Crippen LogP contribution is -2.37. The first-order valence-electron chi connectivity index (χ1n) is 5.83. The molecule has 17 heavy (non-hydrogen) atoms. The van der Waals surface area contributed by atoms with Gasteiger partial charge in [0.15, 0.2) is 0 Å². The number of hydrogen-bond acceptors (Lipinski definition) is 1. The van der Waals surface area contributed by atoms with E-state index < -0.39 is 0 Å². The van der Waals surface area contributed by atoms with Crippen molar-refractivity contribution in [2.24, 2.45) is 7.05 Å². The zero-order valence-corrected chi connectivity index (χ0v) is 11.1. The number of pyridine rings is 1. The summed E-state index contributed by atoms with van der Waals surface area (Å²) < 4.78 is 2.22. The van der Waals surface area contributed by atoms with E-state index in [4.69, 9.17) is 0 Å². The minimum Gasteiger partial charge on any atom is -0.237 e. The third-order valence-electron chi connectivity index (χ3n) is 3.24. The molecule has 0 bridgehead atoms. The zero-order valence-electron chi connectivity index (χ0n) is 10.1. The lowest BCUT2D eigenvalue weighted by Gasteiger charge is -2.15. The van der Waals surface area contributed by atoms with Crippen LogP contribution in [0.2, 0.25) is 0 Å². The molecule has 2 heterocycles. The molecular weight excluding hydrogens is 224 g/mol. The third kappa shape index (κ3) is 1.67. The molecule has 0 unspecified atom stereocenters. The highest BCUT2D eigenvalue weighted by Gasteiger charge is 2.31. The summed E-state index contributed by atoms with van der Waals surface area (Å²) in [5.74, 6) is 1.35. The van der Waals surface area contributed by atoms with E-state index in [1.807, 2.05) is 0 Å². The summed E-state index contributed by atoms with van der Waals surface area (Å²) in [6, 6.07) is 13.0. The van der Waals surface area contributed by atoms with E-state index in [9.17, 15) is 0 Å². The van der Waals surface area contributed by atoms with Gasteiger partial charge in [0.25, 0.3) is 5.82 Å². The van der Waals surface area contributed by atoms with E-state index in [0.29, 0.717) is 0 Å². The van der Waals surface area contributed by atoms with E-state index in [-0.39, 0.29) is 0 Å². The van der Waals surface area contributed by atoms with Gasteiger partial charge in [-0.15, -0.1) is 0 Å². The molecule has 1 aromatic heterocycles. The van der Waals surface area contributed by atoms with Crippen LogP contribution in [0.25, 0.3) is 0 Å². The van der Waals surface area contributed by atoms with Crippen LogP contribution in [0.5, 0.6) is 0 Å². The predicted molar refractivity (Wildman–Crippen MR) is 71.2 cm³/mol. The number of rotatable bonds is 1. The molecule has 1 aliphatic heterocycles.